The van der Waals surface area contributed by atoms with Gasteiger partial charge in [0.25, 0.3) is 5.91 Å². The Morgan fingerprint density at radius 1 is 1.08 bits per heavy atom. The molecule has 0 radical (unpaired) electrons. The summed E-state index contributed by atoms with van der Waals surface area (Å²) in [7, 11) is 0. The van der Waals surface area contributed by atoms with E-state index in [1.807, 2.05) is 60.4 Å². The Balaban J connectivity index is 1.25. The van der Waals surface area contributed by atoms with E-state index in [2.05, 4.69) is 18.2 Å². The van der Waals surface area contributed by atoms with Gasteiger partial charge in [0.2, 0.25) is 0 Å². The molecule has 1 amide bonds. The summed E-state index contributed by atoms with van der Waals surface area (Å²) < 4.78 is 12.1. The number of rotatable bonds is 9. The smallest absolute Gasteiger partial charge is 0.254 e. The number of aliphatic hydroxyl groups is 1. The van der Waals surface area contributed by atoms with Crippen molar-refractivity contribution < 1.29 is 19.4 Å². The van der Waals surface area contributed by atoms with Crippen LogP contribution >= 0.6 is 23.4 Å². The van der Waals surface area contributed by atoms with Crippen LogP contribution < -0.4 is 4.74 Å². The molecule has 2 fully saturated rings. The molecule has 5 nitrogen and oxygen atoms in total. The maximum absolute atomic E-state index is 13.1. The van der Waals surface area contributed by atoms with E-state index in [0.29, 0.717) is 31.6 Å². The summed E-state index contributed by atoms with van der Waals surface area (Å²) in [6.07, 6.45) is 3.21. The first-order chi connectivity index (χ1) is 19.0. The first-order valence-corrected chi connectivity index (χ1v) is 15.2. The molecule has 206 valence electrons. The van der Waals surface area contributed by atoms with Crippen molar-refractivity contribution in [2.75, 3.05) is 25.4 Å². The number of aliphatic hydroxyl groups excluding tert-OH is 1. The second kappa shape index (κ2) is 13.2. The molecule has 1 N–H and O–H groups in total. The zero-order chi connectivity index (χ0) is 27.2. The van der Waals surface area contributed by atoms with E-state index in [1.165, 1.54) is 0 Å². The van der Waals surface area contributed by atoms with Gasteiger partial charge < -0.3 is 19.5 Å². The standard InChI is InChI=1S/C32H36ClNO4S/c1-2-37-26-12-9-22(10-13-26)17-24-18-23(11-14-29(24)33)30-20-25(35)19-27(38-30)21-39-31-8-4-3-7-28(31)32(36)34-15-5-6-16-34/h3-4,7-14,18,25,27,30,35H,2,5-6,15-17,19-21H2,1H3. The van der Waals surface area contributed by atoms with E-state index in [9.17, 15) is 9.90 Å². The van der Waals surface area contributed by atoms with Crippen LogP contribution in [-0.4, -0.2) is 53.6 Å². The highest BCUT2D eigenvalue weighted by Crippen LogP contribution is 2.36. The SMILES string of the molecule is CCOc1ccc(Cc2cc(C3CC(O)CC(CSc4ccccc4C(=O)N4CCCC4)O3)ccc2Cl)cc1. The van der Waals surface area contributed by atoms with Gasteiger partial charge >= 0.3 is 0 Å². The lowest BCUT2D eigenvalue weighted by Gasteiger charge is -2.33. The van der Waals surface area contributed by atoms with Crippen LogP contribution in [-0.2, 0) is 11.2 Å². The number of ether oxygens (including phenoxy) is 2. The molecule has 2 aliphatic rings. The average Bonchev–Trinajstić information content (AvgIpc) is 3.49. The molecule has 0 aliphatic carbocycles. The molecule has 0 bridgehead atoms. The number of nitrogens with zero attached hydrogens (tertiary/aromatic N) is 1. The van der Waals surface area contributed by atoms with E-state index in [-0.39, 0.29) is 18.1 Å². The third kappa shape index (κ3) is 7.17. The lowest BCUT2D eigenvalue weighted by atomic mass is 9.94. The molecular weight excluding hydrogens is 530 g/mol. The van der Waals surface area contributed by atoms with Gasteiger partial charge in [0.05, 0.1) is 30.5 Å². The lowest BCUT2D eigenvalue weighted by Crippen LogP contribution is -2.33. The van der Waals surface area contributed by atoms with Gasteiger partial charge in [-0.1, -0.05) is 48.0 Å². The van der Waals surface area contributed by atoms with Crippen LogP contribution in [0.15, 0.2) is 71.6 Å². The molecule has 3 aromatic carbocycles. The summed E-state index contributed by atoms with van der Waals surface area (Å²) in [5.74, 6) is 1.64. The van der Waals surface area contributed by atoms with E-state index >= 15 is 0 Å². The molecular formula is C32H36ClNO4S. The third-order valence-electron chi connectivity index (χ3n) is 7.38. The Bertz CT molecular complexity index is 1260. The Hall–Kier alpha value is -2.51. The van der Waals surface area contributed by atoms with Crippen molar-refractivity contribution >= 4 is 29.3 Å². The Morgan fingerprint density at radius 3 is 2.62 bits per heavy atom. The van der Waals surface area contributed by atoms with E-state index < -0.39 is 6.10 Å². The highest BCUT2D eigenvalue weighted by Gasteiger charge is 2.30. The molecule has 0 saturated carbocycles. The normalized spacial score (nSPS) is 21.2. The largest absolute Gasteiger partial charge is 0.494 e. The minimum atomic E-state index is -0.443. The Morgan fingerprint density at radius 2 is 1.85 bits per heavy atom. The van der Waals surface area contributed by atoms with Gasteiger partial charge in [-0.3, -0.25) is 4.79 Å². The summed E-state index contributed by atoms with van der Waals surface area (Å²) >= 11 is 8.22. The zero-order valence-electron chi connectivity index (χ0n) is 22.4. The quantitative estimate of drug-likeness (QED) is 0.285. The van der Waals surface area contributed by atoms with Crippen molar-refractivity contribution in [2.24, 2.45) is 0 Å². The lowest BCUT2D eigenvalue weighted by molar-refractivity contribution is -0.0875. The molecule has 3 atom stereocenters. The third-order valence-corrected chi connectivity index (χ3v) is 8.96. The second-order valence-electron chi connectivity index (χ2n) is 10.3. The fraction of sp³-hybridized carbons (Fsp3) is 0.406. The molecule has 39 heavy (non-hydrogen) atoms. The molecule has 7 heteroatoms. The van der Waals surface area contributed by atoms with Crippen LogP contribution in [0.2, 0.25) is 5.02 Å². The molecule has 2 heterocycles. The summed E-state index contributed by atoms with van der Waals surface area (Å²) in [4.78, 5) is 16.0. The number of amides is 1. The molecule has 3 aromatic rings. The summed E-state index contributed by atoms with van der Waals surface area (Å²) in [5, 5.41) is 11.5. The first kappa shape index (κ1) is 28.0. The van der Waals surface area contributed by atoms with E-state index in [4.69, 9.17) is 21.1 Å². The van der Waals surface area contributed by atoms with Crippen LogP contribution in [0.5, 0.6) is 5.75 Å². The highest BCUT2D eigenvalue weighted by molar-refractivity contribution is 7.99. The minimum absolute atomic E-state index is 0.110. The average molecular weight is 566 g/mol. The van der Waals surface area contributed by atoms with Crippen molar-refractivity contribution in [3.8, 4) is 5.75 Å². The van der Waals surface area contributed by atoms with Gasteiger partial charge in [-0.05, 0) is 73.2 Å². The maximum Gasteiger partial charge on any atom is 0.254 e. The number of carbonyl (C=O) groups is 1. The molecule has 2 saturated heterocycles. The number of hydrogen-bond acceptors (Lipinski definition) is 5. The molecule has 0 spiro atoms. The number of likely N-dealkylation sites (tertiary alicyclic amines) is 1. The van der Waals surface area contributed by atoms with E-state index in [1.54, 1.807) is 11.8 Å². The topological polar surface area (TPSA) is 59.0 Å². The summed E-state index contributed by atoms with van der Waals surface area (Å²) in [5.41, 5.74) is 3.97. The van der Waals surface area contributed by atoms with Gasteiger partial charge in [-0.15, -0.1) is 11.8 Å². The number of thioether (sulfide) groups is 1. The predicted molar refractivity (Wildman–Crippen MR) is 157 cm³/mol. The van der Waals surface area contributed by atoms with Crippen LogP contribution in [0.25, 0.3) is 0 Å². The van der Waals surface area contributed by atoms with Crippen molar-refractivity contribution in [2.45, 2.75) is 62.2 Å². The van der Waals surface area contributed by atoms with Crippen molar-refractivity contribution in [3.63, 3.8) is 0 Å². The number of benzene rings is 3. The van der Waals surface area contributed by atoms with Crippen LogP contribution in [0.4, 0.5) is 0 Å². The van der Waals surface area contributed by atoms with Crippen molar-refractivity contribution in [1.82, 2.24) is 4.90 Å². The van der Waals surface area contributed by atoms with Crippen molar-refractivity contribution in [3.05, 3.63) is 94.0 Å². The van der Waals surface area contributed by atoms with Crippen LogP contribution in [0.3, 0.4) is 0 Å². The Labute approximate surface area is 240 Å². The Kier molecular flexibility index (Phi) is 9.51. The summed E-state index contributed by atoms with van der Waals surface area (Å²) in [6, 6.07) is 22.0. The fourth-order valence-electron chi connectivity index (χ4n) is 5.38. The molecule has 5 rings (SSSR count). The molecule has 3 unspecified atom stereocenters. The van der Waals surface area contributed by atoms with E-state index in [0.717, 1.165) is 63.9 Å². The summed E-state index contributed by atoms with van der Waals surface area (Å²) in [6.45, 7) is 4.28. The van der Waals surface area contributed by atoms with Gasteiger partial charge in [0.15, 0.2) is 0 Å². The van der Waals surface area contributed by atoms with Gasteiger partial charge in [0.1, 0.15) is 5.75 Å². The van der Waals surface area contributed by atoms with Gasteiger partial charge in [-0.25, -0.2) is 0 Å². The molecule has 2 aliphatic heterocycles. The van der Waals surface area contributed by atoms with Gasteiger partial charge in [0, 0.05) is 41.6 Å². The predicted octanol–water partition coefficient (Wildman–Crippen LogP) is 6.94. The van der Waals surface area contributed by atoms with Crippen LogP contribution in [0.1, 0.15) is 65.8 Å². The van der Waals surface area contributed by atoms with Crippen LogP contribution in [0, 0.1) is 0 Å². The highest BCUT2D eigenvalue weighted by atomic mass is 35.5. The zero-order valence-corrected chi connectivity index (χ0v) is 23.9. The maximum atomic E-state index is 13.1. The fourth-order valence-corrected chi connectivity index (χ4v) is 6.63. The monoisotopic (exact) mass is 565 g/mol. The number of hydrogen-bond donors (Lipinski definition) is 1. The first-order valence-electron chi connectivity index (χ1n) is 13.8. The van der Waals surface area contributed by atoms with Crippen molar-refractivity contribution in [1.29, 1.82) is 0 Å². The minimum Gasteiger partial charge on any atom is -0.494 e. The molecule has 0 aromatic heterocycles. The van der Waals surface area contributed by atoms with Gasteiger partial charge in [-0.2, -0.15) is 0 Å². The second-order valence-corrected chi connectivity index (χ2v) is 11.8. The number of halogens is 1. The number of carbonyl (C=O) groups excluding carboxylic acids is 1.